The van der Waals surface area contributed by atoms with E-state index in [0.29, 0.717) is 18.8 Å². The molecular formula is C22H23N3O3. The Kier molecular flexibility index (Phi) is 4.63. The molecule has 4 rings (SSSR count). The van der Waals surface area contributed by atoms with Gasteiger partial charge in [-0.05, 0) is 24.6 Å². The summed E-state index contributed by atoms with van der Waals surface area (Å²) in [6, 6.07) is 15.4. The Hall–Kier alpha value is -3.15. The first-order valence-corrected chi connectivity index (χ1v) is 9.44. The number of anilines is 2. The third-order valence-corrected chi connectivity index (χ3v) is 5.53. The third kappa shape index (κ3) is 3.26. The molecule has 0 N–H and O–H groups in total. The van der Waals surface area contributed by atoms with Crippen molar-refractivity contribution in [3.8, 4) is 0 Å². The summed E-state index contributed by atoms with van der Waals surface area (Å²) < 4.78 is 0. The second-order valence-corrected chi connectivity index (χ2v) is 7.53. The van der Waals surface area contributed by atoms with Crippen LogP contribution in [0.25, 0.3) is 0 Å². The number of rotatable bonds is 3. The maximum atomic E-state index is 13.2. The number of carbonyl (C=O) groups is 3. The molecule has 2 aliphatic heterocycles. The Labute approximate surface area is 164 Å². The third-order valence-electron chi connectivity index (χ3n) is 5.53. The van der Waals surface area contributed by atoms with Crippen molar-refractivity contribution in [2.45, 2.75) is 19.9 Å². The molecule has 6 heteroatoms. The van der Waals surface area contributed by atoms with Gasteiger partial charge in [-0.3, -0.25) is 14.4 Å². The minimum Gasteiger partial charge on any atom is -0.338 e. The van der Waals surface area contributed by atoms with Crippen molar-refractivity contribution in [3.05, 3.63) is 59.7 Å². The van der Waals surface area contributed by atoms with Gasteiger partial charge in [0.25, 0.3) is 0 Å². The number of fused-ring (bicyclic) bond motifs is 1. The molecule has 0 bridgehead atoms. The van der Waals surface area contributed by atoms with E-state index in [1.165, 1.54) is 10.5 Å². The molecule has 0 unspecified atom stereocenters. The van der Waals surface area contributed by atoms with E-state index in [9.17, 15) is 14.4 Å². The Bertz CT molecular complexity index is 938. The summed E-state index contributed by atoms with van der Waals surface area (Å²) in [6.45, 7) is 2.92. The SMILES string of the molecule is Cc1ccc(CN2C[C@@H](C(=O)N3CC(=O)N(C)c4ccccc43)CC2=O)cc1. The number of likely N-dealkylation sites (tertiary alicyclic amines) is 1. The molecule has 0 saturated carbocycles. The summed E-state index contributed by atoms with van der Waals surface area (Å²) in [6.07, 6.45) is 0.188. The number of benzene rings is 2. The minimum atomic E-state index is -0.429. The van der Waals surface area contributed by atoms with E-state index in [1.807, 2.05) is 55.5 Å². The van der Waals surface area contributed by atoms with Gasteiger partial charge in [0.05, 0.1) is 17.3 Å². The molecule has 6 nitrogen and oxygen atoms in total. The maximum Gasteiger partial charge on any atom is 0.246 e. The predicted molar refractivity (Wildman–Crippen MR) is 107 cm³/mol. The van der Waals surface area contributed by atoms with Crippen molar-refractivity contribution in [2.24, 2.45) is 5.92 Å². The normalized spacial score (nSPS) is 19.2. The average molecular weight is 377 g/mol. The van der Waals surface area contributed by atoms with Crippen LogP contribution in [0.1, 0.15) is 17.5 Å². The standard InChI is InChI=1S/C22H23N3O3/c1-15-7-9-16(10-8-15)12-24-13-17(11-20(24)26)22(28)25-14-21(27)23(2)18-5-3-4-6-19(18)25/h3-10,17H,11-14H2,1-2H3/t17-/m0/s1. The molecular weight excluding hydrogens is 354 g/mol. The van der Waals surface area contributed by atoms with Gasteiger partial charge in [0.1, 0.15) is 6.54 Å². The van der Waals surface area contributed by atoms with Crippen LogP contribution in [-0.4, -0.2) is 42.8 Å². The highest BCUT2D eigenvalue weighted by Crippen LogP contribution is 2.34. The number of para-hydroxylation sites is 2. The van der Waals surface area contributed by atoms with Crippen LogP contribution in [0.3, 0.4) is 0 Å². The lowest BCUT2D eigenvalue weighted by atomic mass is 10.0. The van der Waals surface area contributed by atoms with Gasteiger partial charge in [-0.25, -0.2) is 0 Å². The van der Waals surface area contributed by atoms with Crippen LogP contribution in [0, 0.1) is 12.8 Å². The van der Waals surface area contributed by atoms with Crippen molar-refractivity contribution in [1.29, 1.82) is 0 Å². The summed E-state index contributed by atoms with van der Waals surface area (Å²) in [5.41, 5.74) is 3.65. The summed E-state index contributed by atoms with van der Waals surface area (Å²) in [4.78, 5) is 42.8. The van der Waals surface area contributed by atoms with Crippen LogP contribution in [0.2, 0.25) is 0 Å². The number of amides is 3. The molecule has 144 valence electrons. The molecule has 2 aromatic rings. The van der Waals surface area contributed by atoms with Gasteiger partial charge >= 0.3 is 0 Å². The van der Waals surface area contributed by atoms with E-state index in [1.54, 1.807) is 16.8 Å². The zero-order valence-electron chi connectivity index (χ0n) is 16.1. The van der Waals surface area contributed by atoms with Gasteiger partial charge in [0, 0.05) is 26.6 Å². The summed E-state index contributed by atoms with van der Waals surface area (Å²) >= 11 is 0. The fraction of sp³-hybridized carbons (Fsp3) is 0.318. The molecule has 1 fully saturated rings. The first kappa shape index (κ1) is 18.2. The average Bonchev–Trinajstić information content (AvgIpc) is 3.06. The monoisotopic (exact) mass is 377 g/mol. The summed E-state index contributed by atoms with van der Waals surface area (Å²) in [5.74, 6) is -0.739. The molecule has 2 aliphatic rings. The number of nitrogens with zero attached hydrogens (tertiary/aromatic N) is 3. The zero-order chi connectivity index (χ0) is 19.8. The second-order valence-electron chi connectivity index (χ2n) is 7.53. The van der Waals surface area contributed by atoms with E-state index in [-0.39, 0.29) is 30.7 Å². The molecule has 28 heavy (non-hydrogen) atoms. The molecule has 3 amide bonds. The lowest BCUT2D eigenvalue weighted by Gasteiger charge is -2.35. The second kappa shape index (κ2) is 7.11. The van der Waals surface area contributed by atoms with Gasteiger partial charge in [-0.15, -0.1) is 0 Å². The van der Waals surface area contributed by atoms with Gasteiger partial charge in [0.2, 0.25) is 17.7 Å². The predicted octanol–water partition coefficient (Wildman–Crippen LogP) is 2.35. The van der Waals surface area contributed by atoms with E-state index < -0.39 is 5.92 Å². The van der Waals surface area contributed by atoms with Gasteiger partial charge in [0.15, 0.2) is 0 Å². The molecule has 1 saturated heterocycles. The van der Waals surface area contributed by atoms with E-state index in [4.69, 9.17) is 0 Å². The van der Waals surface area contributed by atoms with Crippen LogP contribution in [0.4, 0.5) is 11.4 Å². The lowest BCUT2D eigenvalue weighted by molar-refractivity contribution is -0.129. The van der Waals surface area contributed by atoms with Crippen molar-refractivity contribution in [1.82, 2.24) is 4.90 Å². The molecule has 1 atom stereocenters. The summed E-state index contributed by atoms with van der Waals surface area (Å²) in [7, 11) is 1.71. The zero-order valence-corrected chi connectivity index (χ0v) is 16.1. The fourth-order valence-electron chi connectivity index (χ4n) is 3.86. The van der Waals surface area contributed by atoms with E-state index in [2.05, 4.69) is 0 Å². The van der Waals surface area contributed by atoms with Crippen LogP contribution in [0.15, 0.2) is 48.5 Å². The molecule has 2 heterocycles. The van der Waals surface area contributed by atoms with Crippen LogP contribution < -0.4 is 9.80 Å². The molecule has 0 aromatic heterocycles. The largest absolute Gasteiger partial charge is 0.338 e. The van der Waals surface area contributed by atoms with Crippen LogP contribution >= 0.6 is 0 Å². The Morgan fingerprint density at radius 2 is 1.68 bits per heavy atom. The Morgan fingerprint density at radius 3 is 2.39 bits per heavy atom. The topological polar surface area (TPSA) is 60.9 Å². The summed E-state index contributed by atoms with van der Waals surface area (Å²) in [5, 5.41) is 0. The number of carbonyl (C=O) groups excluding carboxylic acids is 3. The van der Waals surface area contributed by atoms with Crippen molar-refractivity contribution >= 4 is 29.1 Å². The number of hydrogen-bond donors (Lipinski definition) is 0. The molecule has 0 radical (unpaired) electrons. The highest BCUT2D eigenvalue weighted by molar-refractivity contribution is 6.12. The number of likely N-dealkylation sites (N-methyl/N-ethyl adjacent to an activating group) is 1. The number of hydrogen-bond acceptors (Lipinski definition) is 3. The highest BCUT2D eigenvalue weighted by Gasteiger charge is 2.39. The van der Waals surface area contributed by atoms with E-state index in [0.717, 1.165) is 11.3 Å². The minimum absolute atomic E-state index is 0.00893. The Morgan fingerprint density at radius 1 is 1.00 bits per heavy atom. The smallest absolute Gasteiger partial charge is 0.246 e. The van der Waals surface area contributed by atoms with Gasteiger partial charge in [-0.2, -0.15) is 0 Å². The van der Waals surface area contributed by atoms with Gasteiger partial charge in [-0.1, -0.05) is 42.0 Å². The Balaban J connectivity index is 1.51. The maximum absolute atomic E-state index is 13.2. The molecule has 0 aliphatic carbocycles. The van der Waals surface area contributed by atoms with Crippen LogP contribution in [-0.2, 0) is 20.9 Å². The van der Waals surface area contributed by atoms with Crippen molar-refractivity contribution < 1.29 is 14.4 Å². The van der Waals surface area contributed by atoms with Crippen molar-refractivity contribution in [3.63, 3.8) is 0 Å². The van der Waals surface area contributed by atoms with Crippen LogP contribution in [0.5, 0.6) is 0 Å². The quantitative estimate of drug-likeness (QED) is 0.825. The first-order chi connectivity index (χ1) is 13.4. The highest BCUT2D eigenvalue weighted by atomic mass is 16.2. The molecule has 0 spiro atoms. The van der Waals surface area contributed by atoms with Gasteiger partial charge < -0.3 is 14.7 Å². The van der Waals surface area contributed by atoms with E-state index >= 15 is 0 Å². The lowest BCUT2D eigenvalue weighted by Crippen LogP contribution is -2.48. The molecule has 2 aromatic carbocycles. The number of aryl methyl sites for hydroxylation is 1. The first-order valence-electron chi connectivity index (χ1n) is 9.44. The van der Waals surface area contributed by atoms with Crippen molar-refractivity contribution in [2.75, 3.05) is 29.9 Å². The fourth-order valence-corrected chi connectivity index (χ4v) is 3.86.